The van der Waals surface area contributed by atoms with E-state index in [1.165, 1.54) is 43.6 Å². The van der Waals surface area contributed by atoms with Crippen molar-refractivity contribution in [1.82, 2.24) is 4.98 Å². The molecule has 0 aliphatic heterocycles. The molecule has 20 heavy (non-hydrogen) atoms. The Bertz CT molecular complexity index is 719. The Morgan fingerprint density at radius 2 is 1.90 bits per heavy atom. The SMILES string of the molecule is CNc1ncccc1S(=O)(=O)N(C)c1ccccc1F. The lowest BCUT2D eigenvalue weighted by Crippen LogP contribution is -2.28. The van der Waals surface area contributed by atoms with Crippen LogP contribution in [0.2, 0.25) is 0 Å². The second-order valence-electron chi connectivity index (χ2n) is 4.02. The molecule has 0 radical (unpaired) electrons. The first kappa shape index (κ1) is 14.3. The van der Waals surface area contributed by atoms with Crippen molar-refractivity contribution in [3.05, 3.63) is 48.4 Å². The number of halogens is 1. The molecule has 0 spiro atoms. The van der Waals surface area contributed by atoms with Crippen molar-refractivity contribution in [2.24, 2.45) is 0 Å². The van der Waals surface area contributed by atoms with Crippen LogP contribution in [-0.4, -0.2) is 27.5 Å². The summed E-state index contributed by atoms with van der Waals surface area (Å²) in [6.07, 6.45) is 1.48. The first-order chi connectivity index (χ1) is 9.48. The molecule has 0 aliphatic rings. The maximum atomic E-state index is 13.7. The fraction of sp³-hybridized carbons (Fsp3) is 0.154. The van der Waals surface area contributed by atoms with E-state index in [-0.39, 0.29) is 16.4 Å². The highest BCUT2D eigenvalue weighted by Gasteiger charge is 2.26. The molecule has 2 aromatic rings. The van der Waals surface area contributed by atoms with Crippen LogP contribution in [0.4, 0.5) is 15.9 Å². The molecule has 0 bridgehead atoms. The van der Waals surface area contributed by atoms with Crippen molar-refractivity contribution in [1.29, 1.82) is 0 Å². The Balaban J connectivity index is 2.53. The summed E-state index contributed by atoms with van der Waals surface area (Å²) in [4.78, 5) is 3.95. The van der Waals surface area contributed by atoms with Crippen LogP contribution in [0.5, 0.6) is 0 Å². The van der Waals surface area contributed by atoms with E-state index >= 15 is 0 Å². The fourth-order valence-corrected chi connectivity index (χ4v) is 3.12. The molecule has 1 N–H and O–H groups in total. The molecule has 106 valence electrons. The Morgan fingerprint density at radius 1 is 1.20 bits per heavy atom. The van der Waals surface area contributed by atoms with Gasteiger partial charge in [0.05, 0.1) is 5.69 Å². The third kappa shape index (κ3) is 2.44. The van der Waals surface area contributed by atoms with E-state index in [1.54, 1.807) is 13.1 Å². The van der Waals surface area contributed by atoms with E-state index in [9.17, 15) is 12.8 Å². The van der Waals surface area contributed by atoms with Gasteiger partial charge in [-0.3, -0.25) is 4.31 Å². The molecule has 5 nitrogen and oxygen atoms in total. The summed E-state index contributed by atoms with van der Waals surface area (Å²) in [5.41, 5.74) is -0.0154. The zero-order valence-electron chi connectivity index (χ0n) is 11.0. The molecule has 1 aromatic heterocycles. The summed E-state index contributed by atoms with van der Waals surface area (Å²) in [5, 5.41) is 2.71. The van der Waals surface area contributed by atoms with Gasteiger partial charge in [0, 0.05) is 20.3 Å². The topological polar surface area (TPSA) is 62.3 Å². The monoisotopic (exact) mass is 295 g/mol. The average molecular weight is 295 g/mol. The normalized spacial score (nSPS) is 11.2. The van der Waals surface area contributed by atoms with Crippen molar-refractivity contribution in [2.45, 2.75) is 4.90 Å². The van der Waals surface area contributed by atoms with Gasteiger partial charge in [-0.25, -0.2) is 17.8 Å². The number of nitrogens with zero attached hydrogens (tertiary/aromatic N) is 2. The Kier molecular flexibility index (Phi) is 3.89. The minimum Gasteiger partial charge on any atom is -0.372 e. The third-order valence-corrected chi connectivity index (χ3v) is 4.64. The number of hydrogen-bond acceptors (Lipinski definition) is 4. The van der Waals surface area contributed by atoms with Gasteiger partial charge in [0.1, 0.15) is 16.5 Å². The first-order valence-electron chi connectivity index (χ1n) is 5.84. The molecule has 0 unspecified atom stereocenters. The summed E-state index contributed by atoms with van der Waals surface area (Å²) in [5.74, 6) is -0.385. The summed E-state index contributed by atoms with van der Waals surface area (Å²) in [6.45, 7) is 0. The largest absolute Gasteiger partial charge is 0.372 e. The lowest BCUT2D eigenvalue weighted by atomic mass is 10.3. The second-order valence-corrected chi connectivity index (χ2v) is 5.96. The van der Waals surface area contributed by atoms with Gasteiger partial charge < -0.3 is 5.32 Å². The van der Waals surface area contributed by atoms with Crippen LogP contribution in [0, 0.1) is 5.82 Å². The predicted molar refractivity (Wildman–Crippen MR) is 75.8 cm³/mol. The molecule has 0 saturated heterocycles. The standard InChI is InChI=1S/C13H14FN3O2S/c1-15-13-12(8-5-9-16-13)20(18,19)17(2)11-7-4-3-6-10(11)14/h3-9H,1-2H3,(H,15,16). The van der Waals surface area contributed by atoms with E-state index in [0.29, 0.717) is 0 Å². The van der Waals surface area contributed by atoms with Crippen LogP contribution in [0.15, 0.2) is 47.5 Å². The lowest BCUT2D eigenvalue weighted by Gasteiger charge is -2.21. The smallest absolute Gasteiger partial charge is 0.267 e. The number of hydrogen-bond donors (Lipinski definition) is 1. The van der Waals surface area contributed by atoms with Crippen LogP contribution >= 0.6 is 0 Å². The molecule has 0 fully saturated rings. The summed E-state index contributed by atoms with van der Waals surface area (Å²) in [7, 11) is -1.01. The number of benzene rings is 1. The molecular formula is C13H14FN3O2S. The van der Waals surface area contributed by atoms with Gasteiger partial charge in [0.25, 0.3) is 10.0 Å². The summed E-state index contributed by atoms with van der Waals surface area (Å²) >= 11 is 0. The second kappa shape index (κ2) is 5.46. The predicted octanol–water partition coefficient (Wildman–Crippen LogP) is 2.09. The molecule has 2 rings (SSSR count). The van der Waals surface area contributed by atoms with Gasteiger partial charge in [0.2, 0.25) is 0 Å². The third-order valence-electron chi connectivity index (χ3n) is 2.84. The summed E-state index contributed by atoms with van der Waals surface area (Å²) in [6, 6.07) is 8.63. The Morgan fingerprint density at radius 3 is 2.55 bits per heavy atom. The van der Waals surface area contributed by atoms with E-state index in [0.717, 1.165) is 4.31 Å². The molecule has 7 heteroatoms. The molecule has 0 saturated carbocycles. The van der Waals surface area contributed by atoms with Crippen LogP contribution < -0.4 is 9.62 Å². The molecule has 1 aromatic carbocycles. The van der Waals surface area contributed by atoms with Crippen molar-refractivity contribution in [2.75, 3.05) is 23.7 Å². The quantitative estimate of drug-likeness (QED) is 0.938. The van der Waals surface area contributed by atoms with Gasteiger partial charge >= 0.3 is 0 Å². The van der Waals surface area contributed by atoms with Gasteiger partial charge in [-0.15, -0.1) is 0 Å². The highest BCUT2D eigenvalue weighted by molar-refractivity contribution is 7.93. The average Bonchev–Trinajstić information content (AvgIpc) is 2.47. The zero-order chi connectivity index (χ0) is 14.8. The number of nitrogens with one attached hydrogen (secondary N) is 1. The van der Waals surface area contributed by atoms with E-state index in [1.807, 2.05) is 0 Å². The number of para-hydroxylation sites is 1. The first-order valence-corrected chi connectivity index (χ1v) is 7.28. The maximum Gasteiger partial charge on any atom is 0.267 e. The van der Waals surface area contributed by atoms with Crippen LogP contribution in [0.1, 0.15) is 0 Å². The van der Waals surface area contributed by atoms with Crippen molar-refractivity contribution in [3.8, 4) is 0 Å². The number of aromatic nitrogens is 1. The highest BCUT2D eigenvalue weighted by atomic mass is 32.2. The molecule has 0 atom stereocenters. The number of anilines is 2. The number of sulfonamides is 1. The van der Waals surface area contributed by atoms with Crippen LogP contribution in [0.25, 0.3) is 0 Å². The van der Waals surface area contributed by atoms with Gasteiger partial charge in [-0.1, -0.05) is 12.1 Å². The lowest BCUT2D eigenvalue weighted by molar-refractivity contribution is 0.589. The minimum atomic E-state index is -3.89. The van der Waals surface area contributed by atoms with Crippen molar-refractivity contribution in [3.63, 3.8) is 0 Å². The van der Waals surface area contributed by atoms with Crippen molar-refractivity contribution < 1.29 is 12.8 Å². The Labute approximate surface area is 117 Å². The van der Waals surface area contributed by atoms with Gasteiger partial charge in [-0.05, 0) is 24.3 Å². The van der Waals surface area contributed by atoms with E-state index in [4.69, 9.17) is 0 Å². The molecular weight excluding hydrogens is 281 g/mol. The van der Waals surface area contributed by atoms with Crippen LogP contribution in [-0.2, 0) is 10.0 Å². The minimum absolute atomic E-state index is 0.00625. The van der Waals surface area contributed by atoms with E-state index < -0.39 is 15.8 Å². The number of pyridine rings is 1. The Hall–Kier alpha value is -2.15. The molecule has 1 heterocycles. The number of rotatable bonds is 4. The molecule has 0 amide bonds. The zero-order valence-corrected chi connectivity index (χ0v) is 11.9. The summed E-state index contributed by atoms with van der Waals surface area (Å²) < 4.78 is 39.7. The van der Waals surface area contributed by atoms with Crippen molar-refractivity contribution >= 4 is 21.5 Å². The maximum absolute atomic E-state index is 13.7. The highest BCUT2D eigenvalue weighted by Crippen LogP contribution is 2.27. The van der Waals surface area contributed by atoms with Gasteiger partial charge in [-0.2, -0.15) is 0 Å². The molecule has 0 aliphatic carbocycles. The van der Waals surface area contributed by atoms with Gasteiger partial charge in [0.15, 0.2) is 0 Å². The fourth-order valence-electron chi connectivity index (χ4n) is 1.77. The van der Waals surface area contributed by atoms with Crippen LogP contribution in [0.3, 0.4) is 0 Å². The van der Waals surface area contributed by atoms with E-state index in [2.05, 4.69) is 10.3 Å².